The molecule has 7 nitrogen and oxygen atoms in total. The maximum atomic E-state index is 13.6. The fourth-order valence-electron chi connectivity index (χ4n) is 5.16. The van der Waals surface area contributed by atoms with Gasteiger partial charge in [0.15, 0.2) is 0 Å². The Labute approximate surface area is 229 Å². The number of alkyl halides is 3. The molecule has 0 aromatic heterocycles. The monoisotopic (exact) mass is 577 g/mol. The second kappa shape index (κ2) is 10.7. The van der Waals surface area contributed by atoms with Crippen molar-refractivity contribution in [1.29, 1.82) is 0 Å². The van der Waals surface area contributed by atoms with E-state index >= 15 is 0 Å². The number of rotatable bonds is 5. The number of fused-ring (bicyclic) bond motifs is 1. The minimum Gasteiger partial charge on any atom is -0.495 e. The molecule has 1 fully saturated rings. The van der Waals surface area contributed by atoms with Gasteiger partial charge in [-0.15, -0.1) is 0 Å². The van der Waals surface area contributed by atoms with Crippen molar-refractivity contribution >= 4 is 21.6 Å². The molecule has 0 radical (unpaired) electrons. The van der Waals surface area contributed by atoms with Gasteiger partial charge in [-0.05, 0) is 53.9 Å². The number of carbonyl (C=O) groups is 1. The summed E-state index contributed by atoms with van der Waals surface area (Å²) in [4.78, 5) is 16.2. The number of sulfonamides is 1. The van der Waals surface area contributed by atoms with Crippen LogP contribution in [-0.2, 0) is 29.2 Å². The van der Waals surface area contributed by atoms with Crippen molar-refractivity contribution in [2.75, 3.05) is 44.7 Å². The van der Waals surface area contributed by atoms with Crippen molar-refractivity contribution in [2.45, 2.75) is 24.0 Å². The Balaban J connectivity index is 1.35. The highest BCUT2D eigenvalue weighted by atomic mass is 32.2. The molecule has 40 heavy (non-hydrogen) atoms. The van der Waals surface area contributed by atoms with Gasteiger partial charge in [-0.1, -0.05) is 24.3 Å². The van der Waals surface area contributed by atoms with E-state index in [1.54, 1.807) is 6.07 Å². The molecule has 0 spiro atoms. The van der Waals surface area contributed by atoms with Crippen LogP contribution in [0, 0.1) is 5.82 Å². The van der Waals surface area contributed by atoms with Gasteiger partial charge in [0.1, 0.15) is 11.6 Å². The van der Waals surface area contributed by atoms with E-state index in [0.717, 1.165) is 23.3 Å². The first-order valence-electron chi connectivity index (χ1n) is 12.6. The highest BCUT2D eigenvalue weighted by Gasteiger charge is 2.37. The molecule has 12 heteroatoms. The minimum absolute atomic E-state index is 0.0799. The Hall–Kier alpha value is -3.64. The molecule has 0 saturated carbocycles. The van der Waals surface area contributed by atoms with Gasteiger partial charge in [0.05, 0.1) is 28.8 Å². The Morgan fingerprint density at radius 3 is 2.27 bits per heavy atom. The summed E-state index contributed by atoms with van der Waals surface area (Å²) in [5.74, 6) is -1.49. The van der Waals surface area contributed by atoms with E-state index < -0.39 is 39.1 Å². The van der Waals surface area contributed by atoms with Crippen LogP contribution in [0.5, 0.6) is 5.75 Å². The van der Waals surface area contributed by atoms with Gasteiger partial charge < -0.3 is 14.5 Å². The highest BCUT2D eigenvalue weighted by molar-refractivity contribution is 7.89. The summed E-state index contributed by atoms with van der Waals surface area (Å²) in [6.45, 7) is 1.23. The number of benzene rings is 3. The van der Waals surface area contributed by atoms with Crippen LogP contribution >= 0.6 is 0 Å². The standard InChI is InChI=1S/C28H27F4N3O4S/c1-39-26-9-7-22(40(37,38)35-11-10-19-4-2-3-5-20(19)18-35)17-25(26)33-12-14-34(15-13-33)27(36)23-8-6-21(29)16-24(23)28(30,31)32/h2-9,16-17H,10-15,18H2,1H3. The number of piperazine rings is 1. The third kappa shape index (κ3) is 5.37. The van der Waals surface area contributed by atoms with E-state index in [-0.39, 0.29) is 37.6 Å². The van der Waals surface area contributed by atoms with Gasteiger partial charge in [0.2, 0.25) is 10.0 Å². The predicted molar refractivity (Wildman–Crippen MR) is 140 cm³/mol. The normalized spacial score (nSPS) is 16.5. The Morgan fingerprint density at radius 1 is 0.900 bits per heavy atom. The number of anilines is 1. The topological polar surface area (TPSA) is 70.2 Å². The van der Waals surface area contributed by atoms with Crippen molar-refractivity contribution in [3.63, 3.8) is 0 Å². The second-order valence-corrected chi connectivity index (χ2v) is 11.6. The summed E-state index contributed by atoms with van der Waals surface area (Å²) in [5, 5.41) is 0. The first kappa shape index (κ1) is 27.9. The first-order chi connectivity index (χ1) is 19.0. The SMILES string of the molecule is COc1ccc(S(=O)(=O)N2CCc3ccccc3C2)cc1N1CCN(C(=O)c2ccc(F)cc2C(F)(F)F)CC1. The lowest BCUT2D eigenvalue weighted by molar-refractivity contribution is -0.138. The van der Waals surface area contributed by atoms with Crippen molar-refractivity contribution < 1.29 is 35.5 Å². The average Bonchev–Trinajstić information content (AvgIpc) is 2.95. The van der Waals surface area contributed by atoms with Gasteiger partial charge in [0.25, 0.3) is 5.91 Å². The largest absolute Gasteiger partial charge is 0.495 e. The smallest absolute Gasteiger partial charge is 0.417 e. The summed E-state index contributed by atoms with van der Waals surface area (Å²) in [6.07, 6.45) is -4.27. The van der Waals surface area contributed by atoms with Crippen LogP contribution in [-0.4, -0.2) is 63.4 Å². The van der Waals surface area contributed by atoms with E-state index in [1.807, 2.05) is 29.2 Å². The molecule has 3 aromatic rings. The lowest BCUT2D eigenvalue weighted by Crippen LogP contribution is -2.49. The molecular formula is C28H27F4N3O4S. The number of ether oxygens (including phenoxy) is 1. The van der Waals surface area contributed by atoms with Gasteiger partial charge >= 0.3 is 6.18 Å². The molecule has 2 aliphatic heterocycles. The maximum absolute atomic E-state index is 13.6. The van der Waals surface area contributed by atoms with E-state index in [1.165, 1.54) is 28.4 Å². The predicted octanol–water partition coefficient (Wildman–Crippen LogP) is 4.56. The molecule has 1 saturated heterocycles. The van der Waals surface area contributed by atoms with E-state index in [0.29, 0.717) is 30.5 Å². The molecule has 212 valence electrons. The molecule has 2 aliphatic rings. The molecule has 0 atom stereocenters. The van der Waals surface area contributed by atoms with Crippen LogP contribution in [0.4, 0.5) is 23.2 Å². The molecule has 3 aromatic carbocycles. The van der Waals surface area contributed by atoms with Crippen LogP contribution in [0.3, 0.4) is 0 Å². The number of hydrogen-bond acceptors (Lipinski definition) is 5. The number of methoxy groups -OCH3 is 1. The van der Waals surface area contributed by atoms with Crippen LogP contribution in [0.1, 0.15) is 27.0 Å². The Bertz CT molecular complexity index is 1540. The summed E-state index contributed by atoms with van der Waals surface area (Å²) in [5.41, 5.74) is 0.656. The third-order valence-corrected chi connectivity index (χ3v) is 9.15. The zero-order chi connectivity index (χ0) is 28.7. The van der Waals surface area contributed by atoms with E-state index in [4.69, 9.17) is 4.74 Å². The maximum Gasteiger partial charge on any atom is 0.417 e. The van der Waals surface area contributed by atoms with E-state index in [9.17, 15) is 30.8 Å². The number of halogens is 4. The number of amides is 1. The van der Waals surface area contributed by atoms with Crippen LogP contribution in [0.2, 0.25) is 0 Å². The number of carbonyl (C=O) groups excluding carboxylic acids is 1. The molecule has 1 amide bonds. The molecule has 5 rings (SSSR count). The van der Waals surface area contributed by atoms with Crippen molar-refractivity contribution in [3.8, 4) is 5.75 Å². The zero-order valence-corrected chi connectivity index (χ0v) is 22.4. The van der Waals surface area contributed by atoms with Crippen molar-refractivity contribution in [2.24, 2.45) is 0 Å². The van der Waals surface area contributed by atoms with Gasteiger partial charge in [-0.2, -0.15) is 17.5 Å². The fourth-order valence-corrected chi connectivity index (χ4v) is 6.60. The lowest BCUT2D eigenvalue weighted by atomic mass is 10.0. The minimum atomic E-state index is -4.88. The molecular weight excluding hydrogens is 550 g/mol. The molecule has 0 bridgehead atoms. The average molecular weight is 578 g/mol. The van der Waals surface area contributed by atoms with Crippen LogP contribution in [0.25, 0.3) is 0 Å². The Kier molecular flexibility index (Phi) is 7.49. The molecule has 0 unspecified atom stereocenters. The Morgan fingerprint density at radius 2 is 1.60 bits per heavy atom. The fraction of sp³-hybridized carbons (Fsp3) is 0.321. The summed E-state index contributed by atoms with van der Waals surface area (Å²) in [7, 11) is -2.36. The van der Waals surface area contributed by atoms with Gasteiger partial charge in [-0.3, -0.25) is 4.79 Å². The lowest BCUT2D eigenvalue weighted by Gasteiger charge is -2.37. The molecule has 0 N–H and O–H groups in total. The second-order valence-electron chi connectivity index (χ2n) is 9.66. The molecule has 0 aliphatic carbocycles. The quantitative estimate of drug-likeness (QED) is 0.416. The summed E-state index contributed by atoms with van der Waals surface area (Å²) < 4.78 is 87.9. The van der Waals surface area contributed by atoms with Crippen molar-refractivity contribution in [3.05, 3.63) is 88.7 Å². The van der Waals surface area contributed by atoms with Crippen LogP contribution in [0.15, 0.2) is 65.6 Å². The van der Waals surface area contributed by atoms with Crippen LogP contribution < -0.4 is 9.64 Å². The highest BCUT2D eigenvalue weighted by Crippen LogP contribution is 2.35. The van der Waals surface area contributed by atoms with Crippen molar-refractivity contribution in [1.82, 2.24) is 9.21 Å². The molecule has 2 heterocycles. The summed E-state index contributed by atoms with van der Waals surface area (Å²) >= 11 is 0. The van der Waals surface area contributed by atoms with E-state index in [2.05, 4.69) is 0 Å². The third-order valence-electron chi connectivity index (χ3n) is 7.31. The zero-order valence-electron chi connectivity index (χ0n) is 21.6. The summed E-state index contributed by atoms with van der Waals surface area (Å²) in [6, 6.07) is 14.3. The van der Waals surface area contributed by atoms with Gasteiger partial charge in [-0.25, -0.2) is 12.8 Å². The first-order valence-corrected chi connectivity index (χ1v) is 14.1. The number of nitrogens with zero attached hydrogens (tertiary/aromatic N) is 3. The van der Waals surface area contributed by atoms with Gasteiger partial charge in [0, 0.05) is 39.3 Å². The number of hydrogen-bond donors (Lipinski definition) is 0.